The monoisotopic (exact) mass is 157 g/mol. The minimum absolute atomic E-state index is 0.0973. The van der Waals surface area contributed by atoms with Crippen LogP contribution in [0, 0.1) is 11.8 Å². The molecule has 1 rings (SSSR count). The van der Waals surface area contributed by atoms with Gasteiger partial charge in [-0.2, -0.15) is 0 Å². The number of hydrogen-bond acceptors (Lipinski definition) is 2. The van der Waals surface area contributed by atoms with Gasteiger partial charge in [0.1, 0.15) is 0 Å². The Balaban J connectivity index is 2.36. The molecule has 0 spiro atoms. The first-order valence-corrected chi connectivity index (χ1v) is 4.48. The van der Waals surface area contributed by atoms with Gasteiger partial charge in [-0.3, -0.25) is 0 Å². The Morgan fingerprint density at radius 1 is 1.45 bits per heavy atom. The third-order valence-electron chi connectivity index (χ3n) is 2.59. The highest BCUT2D eigenvalue weighted by molar-refractivity contribution is 4.80. The zero-order valence-electron chi connectivity index (χ0n) is 7.75. The summed E-state index contributed by atoms with van der Waals surface area (Å²) >= 11 is 0. The SMILES string of the molecule is CC(C)C(O)C1CCN(C)C1. The van der Waals surface area contributed by atoms with Crippen molar-refractivity contribution in [2.24, 2.45) is 11.8 Å². The predicted molar refractivity (Wildman–Crippen MR) is 46.4 cm³/mol. The van der Waals surface area contributed by atoms with Gasteiger partial charge in [-0.25, -0.2) is 0 Å². The van der Waals surface area contributed by atoms with E-state index in [4.69, 9.17) is 0 Å². The van der Waals surface area contributed by atoms with E-state index in [1.54, 1.807) is 0 Å². The second-order valence-electron chi connectivity index (χ2n) is 4.05. The van der Waals surface area contributed by atoms with E-state index in [-0.39, 0.29) is 6.10 Å². The minimum Gasteiger partial charge on any atom is -0.393 e. The van der Waals surface area contributed by atoms with Crippen LogP contribution in [0.4, 0.5) is 0 Å². The van der Waals surface area contributed by atoms with E-state index in [1.807, 2.05) is 0 Å². The van der Waals surface area contributed by atoms with Crippen molar-refractivity contribution in [1.29, 1.82) is 0 Å². The number of likely N-dealkylation sites (tertiary alicyclic amines) is 1. The van der Waals surface area contributed by atoms with Crippen molar-refractivity contribution in [3.63, 3.8) is 0 Å². The smallest absolute Gasteiger partial charge is 0.0603 e. The molecule has 1 N–H and O–H groups in total. The van der Waals surface area contributed by atoms with Gasteiger partial charge >= 0.3 is 0 Å². The molecule has 1 aliphatic rings. The minimum atomic E-state index is -0.0973. The molecule has 2 nitrogen and oxygen atoms in total. The van der Waals surface area contributed by atoms with Crippen LogP contribution in [0.5, 0.6) is 0 Å². The Kier molecular flexibility index (Phi) is 2.90. The summed E-state index contributed by atoms with van der Waals surface area (Å²) in [5.41, 5.74) is 0. The first-order chi connectivity index (χ1) is 5.11. The summed E-state index contributed by atoms with van der Waals surface area (Å²) in [5, 5.41) is 9.72. The van der Waals surface area contributed by atoms with E-state index in [1.165, 1.54) is 0 Å². The van der Waals surface area contributed by atoms with Gasteiger partial charge in [0.05, 0.1) is 6.10 Å². The highest BCUT2D eigenvalue weighted by Crippen LogP contribution is 2.22. The van der Waals surface area contributed by atoms with Crippen molar-refractivity contribution in [2.75, 3.05) is 20.1 Å². The molecule has 11 heavy (non-hydrogen) atoms. The van der Waals surface area contributed by atoms with E-state index in [2.05, 4.69) is 25.8 Å². The summed E-state index contributed by atoms with van der Waals surface area (Å²) in [6.45, 7) is 6.39. The highest BCUT2D eigenvalue weighted by atomic mass is 16.3. The summed E-state index contributed by atoms with van der Waals surface area (Å²) in [6, 6.07) is 0. The zero-order valence-corrected chi connectivity index (χ0v) is 7.75. The maximum atomic E-state index is 9.72. The molecular formula is C9H19NO. The average Bonchev–Trinajstić information content (AvgIpc) is 2.34. The topological polar surface area (TPSA) is 23.5 Å². The van der Waals surface area contributed by atoms with Crippen molar-refractivity contribution in [3.8, 4) is 0 Å². The van der Waals surface area contributed by atoms with Crippen molar-refractivity contribution in [1.82, 2.24) is 4.90 Å². The van der Waals surface area contributed by atoms with E-state index in [9.17, 15) is 5.11 Å². The molecule has 0 aliphatic carbocycles. The second-order valence-corrected chi connectivity index (χ2v) is 4.05. The lowest BCUT2D eigenvalue weighted by Crippen LogP contribution is -2.28. The zero-order chi connectivity index (χ0) is 8.43. The Hall–Kier alpha value is -0.0800. The van der Waals surface area contributed by atoms with Crippen LogP contribution in [0.25, 0.3) is 0 Å². The first-order valence-electron chi connectivity index (χ1n) is 4.48. The van der Waals surface area contributed by atoms with Crippen LogP contribution < -0.4 is 0 Å². The number of rotatable bonds is 2. The Labute approximate surface area is 69.2 Å². The number of hydrogen-bond donors (Lipinski definition) is 1. The summed E-state index contributed by atoms with van der Waals surface area (Å²) in [7, 11) is 2.12. The second kappa shape index (κ2) is 3.55. The molecule has 0 aromatic carbocycles. The Morgan fingerprint density at radius 2 is 2.09 bits per heavy atom. The van der Waals surface area contributed by atoms with E-state index in [0.717, 1.165) is 19.5 Å². The number of nitrogens with zero attached hydrogens (tertiary/aromatic N) is 1. The van der Waals surface area contributed by atoms with Gasteiger partial charge in [0.25, 0.3) is 0 Å². The fourth-order valence-electron chi connectivity index (χ4n) is 1.79. The van der Waals surface area contributed by atoms with Gasteiger partial charge in [-0.15, -0.1) is 0 Å². The average molecular weight is 157 g/mol. The van der Waals surface area contributed by atoms with Crippen LogP contribution in [0.2, 0.25) is 0 Å². The molecule has 2 heteroatoms. The molecule has 66 valence electrons. The van der Waals surface area contributed by atoms with Crippen molar-refractivity contribution >= 4 is 0 Å². The molecule has 1 heterocycles. The number of aliphatic hydroxyl groups excluding tert-OH is 1. The third kappa shape index (κ3) is 2.17. The summed E-state index contributed by atoms with van der Waals surface area (Å²) in [6.07, 6.45) is 1.07. The van der Waals surface area contributed by atoms with Crippen molar-refractivity contribution < 1.29 is 5.11 Å². The largest absolute Gasteiger partial charge is 0.393 e. The van der Waals surface area contributed by atoms with Gasteiger partial charge in [0.15, 0.2) is 0 Å². The van der Waals surface area contributed by atoms with Gasteiger partial charge < -0.3 is 10.0 Å². The summed E-state index contributed by atoms with van der Waals surface area (Å²) in [5.74, 6) is 0.923. The van der Waals surface area contributed by atoms with Crippen LogP contribution in [0.15, 0.2) is 0 Å². The molecule has 0 aromatic rings. The molecule has 0 bridgehead atoms. The lowest BCUT2D eigenvalue weighted by molar-refractivity contribution is 0.0689. The van der Waals surface area contributed by atoms with Gasteiger partial charge in [0, 0.05) is 6.54 Å². The molecule has 0 radical (unpaired) electrons. The Morgan fingerprint density at radius 3 is 2.45 bits per heavy atom. The quantitative estimate of drug-likeness (QED) is 0.645. The van der Waals surface area contributed by atoms with E-state index < -0.39 is 0 Å². The molecule has 1 aliphatic heterocycles. The first kappa shape index (κ1) is 9.01. The van der Waals surface area contributed by atoms with Gasteiger partial charge in [-0.1, -0.05) is 13.8 Å². The lowest BCUT2D eigenvalue weighted by atomic mass is 9.93. The van der Waals surface area contributed by atoms with Crippen LogP contribution >= 0.6 is 0 Å². The molecule has 0 aromatic heterocycles. The summed E-state index contributed by atoms with van der Waals surface area (Å²) < 4.78 is 0. The maximum absolute atomic E-state index is 9.72. The molecule has 0 saturated carbocycles. The van der Waals surface area contributed by atoms with Crippen molar-refractivity contribution in [3.05, 3.63) is 0 Å². The van der Waals surface area contributed by atoms with E-state index >= 15 is 0 Å². The van der Waals surface area contributed by atoms with Crippen molar-refractivity contribution in [2.45, 2.75) is 26.4 Å². The molecule has 2 unspecified atom stereocenters. The normalized spacial score (nSPS) is 29.7. The maximum Gasteiger partial charge on any atom is 0.0603 e. The molecule has 2 atom stereocenters. The van der Waals surface area contributed by atoms with Crippen LogP contribution in [0.1, 0.15) is 20.3 Å². The van der Waals surface area contributed by atoms with Crippen LogP contribution in [-0.4, -0.2) is 36.2 Å². The summed E-state index contributed by atoms with van der Waals surface area (Å²) in [4.78, 5) is 2.29. The Bertz CT molecular complexity index is 125. The lowest BCUT2D eigenvalue weighted by Gasteiger charge is -2.21. The van der Waals surface area contributed by atoms with Crippen LogP contribution in [0.3, 0.4) is 0 Å². The fraction of sp³-hybridized carbons (Fsp3) is 1.00. The predicted octanol–water partition coefficient (Wildman–Crippen LogP) is 0.955. The van der Waals surface area contributed by atoms with Crippen LogP contribution in [-0.2, 0) is 0 Å². The molecular weight excluding hydrogens is 138 g/mol. The fourth-order valence-corrected chi connectivity index (χ4v) is 1.79. The molecule has 1 saturated heterocycles. The third-order valence-corrected chi connectivity index (χ3v) is 2.59. The van der Waals surface area contributed by atoms with Gasteiger partial charge in [0.2, 0.25) is 0 Å². The number of aliphatic hydroxyl groups is 1. The molecule has 0 amide bonds. The van der Waals surface area contributed by atoms with E-state index in [0.29, 0.717) is 11.8 Å². The molecule has 1 fully saturated rings. The highest BCUT2D eigenvalue weighted by Gasteiger charge is 2.27. The van der Waals surface area contributed by atoms with Gasteiger partial charge in [-0.05, 0) is 31.8 Å². The standard InChI is InChI=1S/C9H19NO/c1-7(2)9(11)8-4-5-10(3)6-8/h7-9,11H,4-6H2,1-3H3.